The van der Waals surface area contributed by atoms with Crippen molar-refractivity contribution in [3.63, 3.8) is 0 Å². The van der Waals surface area contributed by atoms with Crippen LogP contribution in [0.3, 0.4) is 0 Å². The van der Waals surface area contributed by atoms with E-state index in [0.717, 1.165) is 48.4 Å². The Labute approximate surface area is 158 Å². The van der Waals surface area contributed by atoms with Crippen molar-refractivity contribution in [2.75, 3.05) is 11.4 Å². The molecule has 5 nitrogen and oxygen atoms in total. The summed E-state index contributed by atoms with van der Waals surface area (Å²) in [5.41, 5.74) is 3.10. The normalized spacial score (nSPS) is 19.7. The van der Waals surface area contributed by atoms with Crippen molar-refractivity contribution in [2.45, 2.75) is 45.2 Å². The Bertz CT molecular complexity index is 1050. The minimum atomic E-state index is 0.111. The first-order valence-corrected chi connectivity index (χ1v) is 9.89. The van der Waals surface area contributed by atoms with Gasteiger partial charge in [0.05, 0.1) is 16.9 Å². The minimum Gasteiger partial charge on any atom is -0.361 e. The van der Waals surface area contributed by atoms with Gasteiger partial charge in [-0.25, -0.2) is 4.98 Å². The van der Waals surface area contributed by atoms with E-state index >= 15 is 0 Å². The van der Waals surface area contributed by atoms with Gasteiger partial charge in [0, 0.05) is 30.7 Å². The highest BCUT2D eigenvalue weighted by Gasteiger charge is 2.32. The molecule has 3 heterocycles. The number of hydrogen-bond donors (Lipinski definition) is 0. The summed E-state index contributed by atoms with van der Waals surface area (Å²) >= 11 is 0. The first-order valence-electron chi connectivity index (χ1n) is 9.89. The molecule has 1 saturated carbocycles. The van der Waals surface area contributed by atoms with Gasteiger partial charge in [-0.2, -0.15) is 0 Å². The summed E-state index contributed by atoms with van der Waals surface area (Å²) in [4.78, 5) is 25.0. The molecule has 0 N–H and O–H groups in total. The second kappa shape index (κ2) is 6.48. The molecule has 1 aliphatic heterocycles. The minimum absolute atomic E-state index is 0.111. The first kappa shape index (κ1) is 16.5. The monoisotopic (exact) mass is 360 g/mol. The fourth-order valence-electron chi connectivity index (χ4n) is 4.23. The van der Waals surface area contributed by atoms with E-state index in [4.69, 9.17) is 4.98 Å². The van der Waals surface area contributed by atoms with E-state index in [1.54, 1.807) is 0 Å². The fourth-order valence-corrected chi connectivity index (χ4v) is 4.23. The van der Waals surface area contributed by atoms with E-state index in [1.165, 1.54) is 18.5 Å². The molecule has 1 unspecified atom stereocenters. The lowest BCUT2D eigenvalue weighted by Crippen LogP contribution is -2.32. The third kappa shape index (κ3) is 3.01. The van der Waals surface area contributed by atoms with Crippen molar-refractivity contribution in [2.24, 2.45) is 5.92 Å². The smallest absolute Gasteiger partial charge is 0.261 e. The molecule has 2 fully saturated rings. The zero-order valence-electron chi connectivity index (χ0n) is 15.6. The quantitative estimate of drug-likeness (QED) is 0.709. The van der Waals surface area contributed by atoms with Gasteiger partial charge in [0.25, 0.3) is 5.56 Å². The number of para-hydroxylation sites is 1. The van der Waals surface area contributed by atoms with Crippen LogP contribution < -0.4 is 10.5 Å². The van der Waals surface area contributed by atoms with Crippen LogP contribution in [0, 0.1) is 12.8 Å². The average Bonchev–Trinajstić information content (AvgIpc) is 3.36. The van der Waals surface area contributed by atoms with Crippen LogP contribution >= 0.6 is 0 Å². The summed E-state index contributed by atoms with van der Waals surface area (Å²) in [6.45, 7) is 3.80. The van der Waals surface area contributed by atoms with E-state index in [1.807, 2.05) is 42.0 Å². The molecule has 0 spiro atoms. The van der Waals surface area contributed by atoms with E-state index < -0.39 is 0 Å². The van der Waals surface area contributed by atoms with Crippen LogP contribution in [0.15, 0.2) is 47.4 Å². The van der Waals surface area contributed by atoms with Crippen LogP contribution in [-0.4, -0.2) is 21.1 Å². The molecule has 1 aromatic carbocycles. The van der Waals surface area contributed by atoms with E-state index in [-0.39, 0.29) is 11.6 Å². The predicted octanol–water partition coefficient (Wildman–Crippen LogP) is 3.85. The zero-order valence-corrected chi connectivity index (χ0v) is 15.6. The average molecular weight is 360 g/mol. The molecule has 5 rings (SSSR count). The van der Waals surface area contributed by atoms with Gasteiger partial charge in [0.1, 0.15) is 5.82 Å². The van der Waals surface area contributed by atoms with Gasteiger partial charge in [-0.05, 0) is 62.8 Å². The number of pyridine rings is 1. The molecule has 1 saturated heterocycles. The first-order chi connectivity index (χ1) is 13.2. The molecule has 27 heavy (non-hydrogen) atoms. The van der Waals surface area contributed by atoms with Gasteiger partial charge < -0.3 is 4.90 Å². The molecular weight excluding hydrogens is 336 g/mol. The van der Waals surface area contributed by atoms with Crippen molar-refractivity contribution in [3.05, 3.63) is 64.5 Å². The zero-order chi connectivity index (χ0) is 18.4. The number of anilines is 1. The van der Waals surface area contributed by atoms with Gasteiger partial charge in [0.2, 0.25) is 0 Å². The van der Waals surface area contributed by atoms with Gasteiger partial charge in [-0.1, -0.05) is 12.1 Å². The maximum absolute atomic E-state index is 13.3. The maximum Gasteiger partial charge on any atom is 0.261 e. The van der Waals surface area contributed by atoms with E-state index in [2.05, 4.69) is 22.0 Å². The molecule has 0 amide bonds. The van der Waals surface area contributed by atoms with Crippen molar-refractivity contribution in [3.8, 4) is 0 Å². The summed E-state index contributed by atoms with van der Waals surface area (Å²) < 4.78 is 1.97. The maximum atomic E-state index is 13.3. The molecule has 2 aromatic heterocycles. The Hall–Kier alpha value is -2.69. The third-order valence-electron chi connectivity index (χ3n) is 5.79. The SMILES string of the molecule is Cc1cc(N2CCCC2c2nc3ccccc3c(=O)n2CC2CC2)ccn1. The Morgan fingerprint density at radius 1 is 1.15 bits per heavy atom. The second-order valence-corrected chi connectivity index (χ2v) is 7.85. The molecule has 5 heteroatoms. The van der Waals surface area contributed by atoms with E-state index in [0.29, 0.717) is 5.92 Å². The van der Waals surface area contributed by atoms with Crippen molar-refractivity contribution in [1.82, 2.24) is 14.5 Å². The number of fused-ring (bicyclic) bond motifs is 1. The van der Waals surface area contributed by atoms with Gasteiger partial charge in [0.15, 0.2) is 0 Å². The number of aryl methyl sites for hydroxylation is 1. The summed E-state index contributed by atoms with van der Waals surface area (Å²) in [5, 5.41) is 0.728. The van der Waals surface area contributed by atoms with Crippen LogP contribution in [0.2, 0.25) is 0 Å². The van der Waals surface area contributed by atoms with Gasteiger partial charge >= 0.3 is 0 Å². The largest absolute Gasteiger partial charge is 0.361 e. The summed E-state index contributed by atoms with van der Waals surface area (Å²) in [6, 6.07) is 12.1. The summed E-state index contributed by atoms with van der Waals surface area (Å²) in [6.07, 6.45) is 6.44. The highest BCUT2D eigenvalue weighted by Crippen LogP contribution is 2.37. The molecule has 1 atom stereocenters. The predicted molar refractivity (Wildman–Crippen MR) is 107 cm³/mol. The molecule has 1 aliphatic carbocycles. The number of aromatic nitrogens is 3. The highest BCUT2D eigenvalue weighted by atomic mass is 16.1. The Kier molecular flexibility index (Phi) is 3.96. The van der Waals surface area contributed by atoms with Gasteiger partial charge in [-0.15, -0.1) is 0 Å². The van der Waals surface area contributed by atoms with Crippen molar-refractivity contribution in [1.29, 1.82) is 0 Å². The topological polar surface area (TPSA) is 51.0 Å². The number of benzene rings is 1. The second-order valence-electron chi connectivity index (χ2n) is 7.85. The lowest BCUT2D eigenvalue weighted by atomic mass is 10.1. The van der Waals surface area contributed by atoms with Crippen molar-refractivity contribution >= 4 is 16.6 Å². The molecule has 0 radical (unpaired) electrons. The van der Waals surface area contributed by atoms with Crippen LogP contribution in [0.5, 0.6) is 0 Å². The standard InChI is InChI=1S/C22H24N4O/c1-15-13-17(10-11-23-15)25-12-4-7-20(25)21-24-19-6-3-2-5-18(19)22(27)26(21)14-16-8-9-16/h2-3,5-6,10-11,13,16,20H,4,7-9,12,14H2,1H3. The molecule has 2 aliphatic rings. The van der Waals surface area contributed by atoms with Crippen LogP contribution in [0.25, 0.3) is 10.9 Å². The van der Waals surface area contributed by atoms with Gasteiger partial charge in [-0.3, -0.25) is 14.3 Å². The van der Waals surface area contributed by atoms with Crippen LogP contribution in [0.4, 0.5) is 5.69 Å². The molecule has 0 bridgehead atoms. The van der Waals surface area contributed by atoms with Crippen molar-refractivity contribution < 1.29 is 0 Å². The lowest BCUT2D eigenvalue weighted by molar-refractivity contribution is 0.527. The Morgan fingerprint density at radius 2 is 2.00 bits per heavy atom. The van der Waals surface area contributed by atoms with E-state index in [9.17, 15) is 4.79 Å². The Morgan fingerprint density at radius 3 is 2.81 bits per heavy atom. The molecule has 3 aromatic rings. The lowest BCUT2D eigenvalue weighted by Gasteiger charge is -2.28. The molecule has 138 valence electrons. The fraction of sp³-hybridized carbons (Fsp3) is 0.409. The number of nitrogens with zero attached hydrogens (tertiary/aromatic N) is 4. The number of rotatable bonds is 4. The molecular formula is C22H24N4O. The summed E-state index contributed by atoms with van der Waals surface area (Å²) in [7, 11) is 0. The third-order valence-corrected chi connectivity index (χ3v) is 5.79. The number of hydrogen-bond acceptors (Lipinski definition) is 4. The Balaban J connectivity index is 1.65. The van der Waals surface area contributed by atoms with Crippen LogP contribution in [0.1, 0.15) is 43.2 Å². The van der Waals surface area contributed by atoms with Crippen LogP contribution in [-0.2, 0) is 6.54 Å². The highest BCUT2D eigenvalue weighted by molar-refractivity contribution is 5.77. The summed E-state index contributed by atoms with van der Waals surface area (Å²) in [5.74, 6) is 1.56.